The first-order valence-electron chi connectivity index (χ1n) is 12.3. The van der Waals surface area contributed by atoms with Gasteiger partial charge in [0.1, 0.15) is 6.04 Å². The summed E-state index contributed by atoms with van der Waals surface area (Å²) in [5.41, 5.74) is 7.17. The Morgan fingerprint density at radius 1 is 1.05 bits per heavy atom. The van der Waals surface area contributed by atoms with Gasteiger partial charge in [-0.25, -0.2) is 13.2 Å². The number of amides is 1. The first-order chi connectivity index (χ1) is 18.1. The Morgan fingerprint density at radius 3 is 2.42 bits per heavy atom. The second-order valence-electron chi connectivity index (χ2n) is 9.33. The van der Waals surface area contributed by atoms with E-state index < -0.39 is 33.0 Å². The summed E-state index contributed by atoms with van der Waals surface area (Å²) in [6.07, 6.45) is -0.905. The van der Waals surface area contributed by atoms with Crippen molar-refractivity contribution in [3.05, 3.63) is 77.9 Å². The van der Waals surface area contributed by atoms with Gasteiger partial charge in [-0.05, 0) is 40.5 Å². The molecule has 1 unspecified atom stereocenters. The van der Waals surface area contributed by atoms with E-state index in [4.69, 9.17) is 10.5 Å². The number of carbonyl (C=O) groups is 2. The molecule has 4 rings (SSSR count). The number of sulfone groups is 1. The molecule has 0 aromatic heterocycles. The first kappa shape index (κ1) is 27.5. The zero-order valence-corrected chi connectivity index (χ0v) is 21.9. The number of carboxylic acids is 1. The third-order valence-corrected chi connectivity index (χ3v) is 8.70. The molecule has 11 heteroatoms. The fraction of sp³-hybridized carbons (Fsp3) is 0.333. The van der Waals surface area contributed by atoms with Gasteiger partial charge in [0, 0.05) is 39.6 Å². The predicted octanol–water partition coefficient (Wildman–Crippen LogP) is 2.07. The van der Waals surface area contributed by atoms with Crippen LogP contribution in [0.3, 0.4) is 0 Å². The van der Waals surface area contributed by atoms with Gasteiger partial charge in [-0.3, -0.25) is 10.1 Å². The fourth-order valence-electron chi connectivity index (χ4n) is 4.44. The molecule has 0 aliphatic carbocycles. The number of rotatable bonds is 9. The Bertz CT molecular complexity index is 1420. The summed E-state index contributed by atoms with van der Waals surface area (Å²) >= 11 is 0. The molecule has 0 radical (unpaired) electrons. The number of piperazine rings is 1. The molecule has 3 aromatic rings. The van der Waals surface area contributed by atoms with Crippen LogP contribution in [0.15, 0.2) is 71.6 Å². The molecule has 1 amide bonds. The highest BCUT2D eigenvalue weighted by atomic mass is 32.2. The second-order valence-corrected chi connectivity index (χ2v) is 11.6. The molecule has 1 saturated heterocycles. The van der Waals surface area contributed by atoms with Gasteiger partial charge in [-0.15, -0.1) is 0 Å². The van der Waals surface area contributed by atoms with E-state index in [9.17, 15) is 23.1 Å². The average molecular weight is 541 g/mol. The summed E-state index contributed by atoms with van der Waals surface area (Å²) in [7, 11) is -4.44. The lowest BCUT2D eigenvalue weighted by Gasteiger charge is -2.36. The Hall–Kier alpha value is -3.51. The van der Waals surface area contributed by atoms with E-state index in [1.54, 1.807) is 36.4 Å². The van der Waals surface area contributed by atoms with Crippen molar-refractivity contribution in [2.45, 2.75) is 35.9 Å². The molecule has 2 atom stereocenters. The number of hydrogen-bond donors (Lipinski definition) is 4. The molecule has 0 bridgehead atoms. The molecular formula is C27H32N4O6S. The van der Waals surface area contributed by atoms with Crippen molar-refractivity contribution in [3.8, 4) is 0 Å². The van der Waals surface area contributed by atoms with Gasteiger partial charge < -0.3 is 25.8 Å². The fourth-order valence-corrected chi connectivity index (χ4v) is 5.89. The minimum atomic E-state index is -4.44. The van der Waals surface area contributed by atoms with Gasteiger partial charge in [-0.2, -0.15) is 0 Å². The average Bonchev–Trinajstić information content (AvgIpc) is 2.92. The van der Waals surface area contributed by atoms with Crippen molar-refractivity contribution in [3.63, 3.8) is 0 Å². The smallest absolute Gasteiger partial charge is 0.412 e. The van der Waals surface area contributed by atoms with E-state index in [0.717, 1.165) is 10.9 Å². The van der Waals surface area contributed by atoms with Crippen LogP contribution in [0, 0.1) is 0 Å². The standard InChI is InChI=1S/C27H32N4O6S/c1-27(37-26(34)31-13-11-29-12-14-31,30-24(25(32)33)16-19-5-4-6-20(15-19)18-28)38(35,36)23-10-9-21-7-2-3-8-22(21)17-23/h2-10,15,17,24,29-30H,11-14,16,18,28H2,1H3,(H,32,33)/t24-,27?/m0/s1. The number of carbonyl (C=O) groups excluding carboxylic acids is 1. The van der Waals surface area contributed by atoms with E-state index in [1.165, 1.54) is 24.0 Å². The summed E-state index contributed by atoms with van der Waals surface area (Å²) < 4.78 is 33.7. The van der Waals surface area contributed by atoms with E-state index in [2.05, 4.69) is 10.6 Å². The van der Waals surface area contributed by atoms with Crippen LogP contribution in [0.1, 0.15) is 18.1 Å². The Kier molecular flexibility index (Phi) is 8.32. The molecule has 10 nitrogen and oxygen atoms in total. The van der Waals surface area contributed by atoms with Crippen molar-refractivity contribution < 1.29 is 27.9 Å². The lowest BCUT2D eigenvalue weighted by molar-refractivity contribution is -0.141. The minimum Gasteiger partial charge on any atom is -0.480 e. The van der Waals surface area contributed by atoms with E-state index >= 15 is 0 Å². The Morgan fingerprint density at radius 2 is 1.74 bits per heavy atom. The van der Waals surface area contributed by atoms with Crippen molar-refractivity contribution in [2.75, 3.05) is 26.2 Å². The van der Waals surface area contributed by atoms with Gasteiger partial charge in [0.25, 0.3) is 5.06 Å². The highest BCUT2D eigenvalue weighted by molar-refractivity contribution is 7.92. The molecule has 0 saturated carbocycles. The number of fused-ring (bicyclic) bond motifs is 1. The van der Waals surface area contributed by atoms with Gasteiger partial charge in [-0.1, -0.05) is 54.6 Å². The van der Waals surface area contributed by atoms with Crippen LogP contribution in [0.2, 0.25) is 0 Å². The van der Waals surface area contributed by atoms with E-state index in [0.29, 0.717) is 37.1 Å². The van der Waals surface area contributed by atoms with Crippen molar-refractivity contribution >= 4 is 32.7 Å². The summed E-state index contributed by atoms with van der Waals surface area (Å²) in [6.45, 7) is 3.19. The molecule has 1 fully saturated rings. The zero-order chi connectivity index (χ0) is 27.3. The van der Waals surface area contributed by atoms with Crippen LogP contribution >= 0.6 is 0 Å². The summed E-state index contributed by atoms with van der Waals surface area (Å²) in [5, 5.41) is 15.0. The van der Waals surface area contributed by atoms with Crippen LogP contribution in [-0.2, 0) is 32.3 Å². The van der Waals surface area contributed by atoms with Crippen molar-refractivity contribution in [1.29, 1.82) is 0 Å². The molecular weight excluding hydrogens is 508 g/mol. The third-order valence-electron chi connectivity index (χ3n) is 6.60. The SMILES string of the molecule is CC(N[C@@H](Cc1cccc(CN)c1)C(=O)O)(OC(=O)N1CCNCC1)S(=O)(=O)c1ccc2ccccc2c1. The maximum atomic E-state index is 14.0. The number of nitrogens with zero attached hydrogens (tertiary/aromatic N) is 1. The quantitative estimate of drug-likeness (QED) is 0.299. The lowest BCUT2D eigenvalue weighted by atomic mass is 10.0. The van der Waals surface area contributed by atoms with E-state index in [1.807, 2.05) is 18.2 Å². The number of hydrogen-bond acceptors (Lipinski definition) is 8. The number of aliphatic carboxylic acids is 1. The highest BCUT2D eigenvalue weighted by Gasteiger charge is 2.48. The number of nitrogens with two attached hydrogens (primary N) is 1. The first-order valence-corrected chi connectivity index (χ1v) is 13.8. The van der Waals surface area contributed by atoms with Gasteiger partial charge in [0.15, 0.2) is 0 Å². The molecule has 5 N–H and O–H groups in total. The van der Waals surface area contributed by atoms with E-state index in [-0.39, 0.29) is 17.9 Å². The van der Waals surface area contributed by atoms with Crippen molar-refractivity contribution in [1.82, 2.24) is 15.5 Å². The molecule has 0 spiro atoms. The molecule has 1 aliphatic heterocycles. The third kappa shape index (κ3) is 5.97. The number of benzene rings is 3. The maximum absolute atomic E-state index is 14.0. The predicted molar refractivity (Wildman–Crippen MR) is 143 cm³/mol. The van der Waals surface area contributed by atoms with Crippen LogP contribution in [-0.4, -0.2) is 67.8 Å². The minimum absolute atomic E-state index is 0.0583. The van der Waals surface area contributed by atoms with Crippen LogP contribution < -0.4 is 16.4 Å². The van der Waals surface area contributed by atoms with Crippen molar-refractivity contribution in [2.24, 2.45) is 5.73 Å². The highest BCUT2D eigenvalue weighted by Crippen LogP contribution is 2.29. The Balaban J connectivity index is 1.72. The number of nitrogens with one attached hydrogen (secondary N) is 2. The second kappa shape index (κ2) is 11.5. The van der Waals surface area contributed by atoms with Crippen LogP contribution in [0.4, 0.5) is 4.79 Å². The molecule has 38 heavy (non-hydrogen) atoms. The zero-order valence-electron chi connectivity index (χ0n) is 21.1. The van der Waals surface area contributed by atoms with Gasteiger partial charge >= 0.3 is 12.1 Å². The summed E-state index contributed by atoms with van der Waals surface area (Å²) in [4.78, 5) is 26.7. The number of ether oxygens (including phenoxy) is 1. The molecule has 3 aromatic carbocycles. The molecule has 1 heterocycles. The van der Waals surface area contributed by atoms with Crippen LogP contribution in [0.25, 0.3) is 10.8 Å². The normalized spacial score (nSPS) is 16.5. The molecule has 1 aliphatic rings. The maximum Gasteiger partial charge on any atom is 0.412 e. The lowest BCUT2D eigenvalue weighted by Crippen LogP contribution is -2.60. The van der Waals surface area contributed by atoms with Gasteiger partial charge in [0.05, 0.1) is 4.90 Å². The van der Waals surface area contributed by atoms with Crippen LogP contribution in [0.5, 0.6) is 0 Å². The largest absolute Gasteiger partial charge is 0.480 e. The van der Waals surface area contributed by atoms with Gasteiger partial charge in [0.2, 0.25) is 9.84 Å². The number of carboxylic acid groups (broad SMARTS) is 1. The molecule has 202 valence electrons. The summed E-state index contributed by atoms with van der Waals surface area (Å²) in [5.74, 6) is -1.29. The monoisotopic (exact) mass is 540 g/mol. The summed E-state index contributed by atoms with van der Waals surface area (Å²) in [6, 6.07) is 17.5. The topological polar surface area (TPSA) is 151 Å². The Labute approximate surface area is 221 Å².